The van der Waals surface area contributed by atoms with E-state index >= 15 is 0 Å². The molecule has 1 saturated heterocycles. The van der Waals surface area contributed by atoms with Gasteiger partial charge in [0.2, 0.25) is 0 Å². The van der Waals surface area contributed by atoms with Gasteiger partial charge in [-0.25, -0.2) is 9.18 Å². The predicted molar refractivity (Wildman–Crippen MR) is 127 cm³/mol. The van der Waals surface area contributed by atoms with Gasteiger partial charge in [0, 0.05) is 0 Å². The maximum atomic E-state index is 13.5. The molecule has 2 aromatic rings. The summed E-state index contributed by atoms with van der Waals surface area (Å²) in [6, 6.07) is 7.12. The Morgan fingerprint density at radius 2 is 1.97 bits per heavy atom. The highest BCUT2D eigenvalue weighted by Crippen LogP contribution is 2.40. The number of anilines is 1. The number of halogens is 3. The molecule has 1 aliphatic rings. The molecule has 0 aliphatic carbocycles. The Balaban J connectivity index is 1.91. The number of thioether (sulfide) groups is 1. The van der Waals surface area contributed by atoms with Crippen LogP contribution in [0.2, 0.25) is 10.0 Å². The number of hydrogen-bond donors (Lipinski definition) is 0. The first-order chi connectivity index (χ1) is 15.2. The van der Waals surface area contributed by atoms with Gasteiger partial charge in [-0.15, -0.1) is 0 Å². The van der Waals surface area contributed by atoms with Crippen molar-refractivity contribution < 1.29 is 28.2 Å². The lowest BCUT2D eigenvalue weighted by atomic mass is 10.1. The lowest BCUT2D eigenvalue weighted by Crippen LogP contribution is -2.27. The molecule has 1 heterocycles. The Morgan fingerprint density at radius 3 is 2.62 bits per heavy atom. The molecule has 1 fully saturated rings. The minimum atomic E-state index is -0.594. The molecule has 0 N–H and O–H groups in total. The summed E-state index contributed by atoms with van der Waals surface area (Å²) in [5.41, 5.74) is 0.920. The molecular formula is C21H16Cl2FNO5S2. The van der Waals surface area contributed by atoms with Crippen LogP contribution in [-0.2, 0) is 14.3 Å². The van der Waals surface area contributed by atoms with Crippen LogP contribution in [0.25, 0.3) is 6.08 Å². The average molecular weight is 516 g/mol. The first-order valence-corrected chi connectivity index (χ1v) is 11.1. The molecule has 0 bridgehead atoms. The first kappa shape index (κ1) is 24.3. The molecule has 1 amide bonds. The highest BCUT2D eigenvalue weighted by atomic mass is 35.5. The van der Waals surface area contributed by atoms with E-state index in [1.165, 1.54) is 30.2 Å². The van der Waals surface area contributed by atoms with Crippen LogP contribution in [0.3, 0.4) is 0 Å². The van der Waals surface area contributed by atoms with Crippen molar-refractivity contribution in [3.05, 3.63) is 56.7 Å². The van der Waals surface area contributed by atoms with E-state index in [4.69, 9.17) is 44.9 Å². The van der Waals surface area contributed by atoms with E-state index < -0.39 is 11.8 Å². The third-order valence-electron chi connectivity index (χ3n) is 4.15. The Hall–Kier alpha value is -2.33. The van der Waals surface area contributed by atoms with Crippen LogP contribution in [0.1, 0.15) is 12.5 Å². The number of thiocarbonyl (C=S) groups is 1. The van der Waals surface area contributed by atoms with Crippen molar-refractivity contribution in [3.8, 4) is 11.5 Å². The standard InChI is InChI=1S/C21H16Cl2FNO5S2/c1-3-29-16-7-11(6-14(23)19(16)30-10-18(26)28-2)8-17-20(27)25(21(31)32-17)12-4-5-15(24)13(22)9-12/h4-9H,3,10H2,1-2H3/b17-8-. The predicted octanol–water partition coefficient (Wildman–Crippen LogP) is 5.49. The Labute approximate surface area is 203 Å². The molecule has 11 heteroatoms. The topological polar surface area (TPSA) is 65.1 Å². The number of esters is 1. The molecule has 1 aliphatic heterocycles. The Bertz CT molecular complexity index is 1130. The second-order valence-corrected chi connectivity index (χ2v) is 8.73. The molecule has 0 aromatic heterocycles. The van der Waals surface area contributed by atoms with E-state index in [0.717, 1.165) is 11.8 Å². The minimum Gasteiger partial charge on any atom is -0.490 e. The van der Waals surface area contributed by atoms with Gasteiger partial charge in [0.05, 0.1) is 34.4 Å². The zero-order valence-electron chi connectivity index (χ0n) is 16.8. The van der Waals surface area contributed by atoms with E-state index in [9.17, 15) is 14.0 Å². The fraction of sp³-hybridized carbons (Fsp3) is 0.190. The van der Waals surface area contributed by atoms with Crippen LogP contribution in [-0.4, -0.2) is 36.5 Å². The molecule has 0 atom stereocenters. The summed E-state index contributed by atoms with van der Waals surface area (Å²) in [5.74, 6) is -1.07. The van der Waals surface area contributed by atoms with Gasteiger partial charge in [-0.1, -0.05) is 47.2 Å². The number of carbonyl (C=O) groups excluding carboxylic acids is 2. The fourth-order valence-corrected chi connectivity index (χ4v) is 4.48. The maximum absolute atomic E-state index is 13.5. The van der Waals surface area contributed by atoms with Gasteiger partial charge in [-0.3, -0.25) is 9.69 Å². The molecular weight excluding hydrogens is 500 g/mol. The number of rotatable bonds is 7. The van der Waals surface area contributed by atoms with Crippen molar-refractivity contribution >= 4 is 75.1 Å². The van der Waals surface area contributed by atoms with Gasteiger partial charge in [0.15, 0.2) is 22.4 Å². The average Bonchev–Trinajstić information content (AvgIpc) is 3.02. The van der Waals surface area contributed by atoms with Crippen molar-refractivity contribution in [3.63, 3.8) is 0 Å². The summed E-state index contributed by atoms with van der Waals surface area (Å²) in [6.45, 7) is 1.76. The summed E-state index contributed by atoms with van der Waals surface area (Å²) in [4.78, 5) is 26.0. The number of methoxy groups -OCH3 is 1. The minimum absolute atomic E-state index is 0.115. The van der Waals surface area contributed by atoms with Crippen molar-refractivity contribution in [2.75, 3.05) is 25.2 Å². The van der Waals surface area contributed by atoms with E-state index in [2.05, 4.69) is 4.74 Å². The molecule has 0 spiro atoms. The Kier molecular flexibility index (Phi) is 8.00. The molecule has 168 valence electrons. The van der Waals surface area contributed by atoms with Crippen LogP contribution in [0.4, 0.5) is 10.1 Å². The molecule has 0 unspecified atom stereocenters. The fourth-order valence-electron chi connectivity index (χ4n) is 2.73. The third kappa shape index (κ3) is 5.35. The SMILES string of the molecule is CCOc1cc(/C=C2\SC(=S)N(c3ccc(F)c(Cl)c3)C2=O)cc(Cl)c1OCC(=O)OC. The second kappa shape index (κ2) is 10.5. The molecule has 0 radical (unpaired) electrons. The second-order valence-electron chi connectivity index (χ2n) is 6.24. The van der Waals surface area contributed by atoms with Gasteiger partial charge in [0.1, 0.15) is 5.82 Å². The largest absolute Gasteiger partial charge is 0.490 e. The van der Waals surface area contributed by atoms with Crippen LogP contribution in [0.15, 0.2) is 35.2 Å². The molecule has 0 saturated carbocycles. The number of nitrogens with zero attached hydrogens (tertiary/aromatic N) is 1. The monoisotopic (exact) mass is 515 g/mol. The van der Waals surface area contributed by atoms with Gasteiger partial charge in [-0.05, 0) is 48.9 Å². The van der Waals surface area contributed by atoms with Crippen LogP contribution in [0, 0.1) is 5.82 Å². The van der Waals surface area contributed by atoms with E-state index in [1.807, 2.05) is 0 Å². The zero-order chi connectivity index (χ0) is 23.4. The quantitative estimate of drug-likeness (QED) is 0.274. The summed E-state index contributed by atoms with van der Waals surface area (Å²) < 4.78 is 29.3. The van der Waals surface area contributed by atoms with E-state index in [0.29, 0.717) is 28.5 Å². The normalized spacial score (nSPS) is 14.8. The van der Waals surface area contributed by atoms with Gasteiger partial charge in [-0.2, -0.15) is 0 Å². The summed E-state index contributed by atoms with van der Waals surface area (Å²) in [6.07, 6.45) is 1.60. The molecule has 32 heavy (non-hydrogen) atoms. The number of benzene rings is 2. The molecule has 6 nitrogen and oxygen atoms in total. The summed E-state index contributed by atoms with van der Waals surface area (Å²) in [5, 5.41) is 0.0723. The van der Waals surface area contributed by atoms with E-state index in [-0.39, 0.29) is 32.6 Å². The molecule has 2 aromatic carbocycles. The van der Waals surface area contributed by atoms with Crippen molar-refractivity contribution in [2.45, 2.75) is 6.92 Å². The number of amides is 1. The van der Waals surface area contributed by atoms with Crippen molar-refractivity contribution in [2.24, 2.45) is 0 Å². The number of hydrogen-bond acceptors (Lipinski definition) is 7. The van der Waals surface area contributed by atoms with Gasteiger partial charge in [0.25, 0.3) is 5.91 Å². The highest BCUT2D eigenvalue weighted by molar-refractivity contribution is 8.27. The van der Waals surface area contributed by atoms with Crippen molar-refractivity contribution in [1.29, 1.82) is 0 Å². The first-order valence-electron chi connectivity index (χ1n) is 9.14. The lowest BCUT2D eigenvalue weighted by molar-refractivity contribution is -0.142. The van der Waals surface area contributed by atoms with Crippen LogP contribution in [0.5, 0.6) is 11.5 Å². The third-order valence-corrected chi connectivity index (χ3v) is 6.02. The van der Waals surface area contributed by atoms with Gasteiger partial charge >= 0.3 is 5.97 Å². The van der Waals surface area contributed by atoms with E-state index in [1.54, 1.807) is 25.1 Å². The summed E-state index contributed by atoms with van der Waals surface area (Å²) in [7, 11) is 1.25. The van der Waals surface area contributed by atoms with Crippen molar-refractivity contribution in [1.82, 2.24) is 0 Å². The Morgan fingerprint density at radius 1 is 1.22 bits per heavy atom. The highest BCUT2D eigenvalue weighted by Gasteiger charge is 2.33. The number of carbonyl (C=O) groups is 2. The van der Waals surface area contributed by atoms with Crippen LogP contribution < -0.4 is 14.4 Å². The zero-order valence-corrected chi connectivity index (χ0v) is 20.0. The molecule has 3 rings (SSSR count). The smallest absolute Gasteiger partial charge is 0.343 e. The lowest BCUT2D eigenvalue weighted by Gasteiger charge is -2.15. The number of ether oxygens (including phenoxy) is 3. The maximum Gasteiger partial charge on any atom is 0.343 e. The van der Waals surface area contributed by atoms with Crippen LogP contribution >= 0.6 is 47.2 Å². The van der Waals surface area contributed by atoms with Gasteiger partial charge < -0.3 is 14.2 Å². The summed E-state index contributed by atoms with van der Waals surface area (Å²) >= 11 is 18.6.